The number of hydrogen-bond acceptors (Lipinski definition) is 2. The van der Waals surface area contributed by atoms with Crippen molar-refractivity contribution in [3.63, 3.8) is 0 Å². The summed E-state index contributed by atoms with van der Waals surface area (Å²) in [7, 11) is 0. The highest BCUT2D eigenvalue weighted by Crippen LogP contribution is 2.13. The molecule has 0 saturated heterocycles. The molecule has 1 amide bonds. The Morgan fingerprint density at radius 1 is 1.11 bits per heavy atom. The third-order valence-electron chi connectivity index (χ3n) is 3.23. The molecule has 3 heteroatoms. The van der Waals surface area contributed by atoms with E-state index in [0.717, 1.165) is 11.1 Å². The molecule has 3 N–H and O–H groups in total. The van der Waals surface area contributed by atoms with E-state index in [-0.39, 0.29) is 5.91 Å². The molecule has 0 aliphatic heterocycles. The van der Waals surface area contributed by atoms with E-state index in [1.807, 2.05) is 44.2 Å². The summed E-state index contributed by atoms with van der Waals surface area (Å²) < 4.78 is 0. The lowest BCUT2D eigenvalue weighted by molar-refractivity contribution is 0.0951. The van der Waals surface area contributed by atoms with Gasteiger partial charge in [0.1, 0.15) is 0 Å². The first-order valence-electron chi connectivity index (χ1n) is 6.27. The molecule has 3 nitrogen and oxygen atoms in total. The molecule has 0 atom stereocenters. The van der Waals surface area contributed by atoms with Gasteiger partial charge in [-0.05, 0) is 48.7 Å². The zero-order valence-electron chi connectivity index (χ0n) is 11.2. The van der Waals surface area contributed by atoms with Crippen LogP contribution in [0.3, 0.4) is 0 Å². The van der Waals surface area contributed by atoms with E-state index in [0.29, 0.717) is 17.8 Å². The monoisotopic (exact) mass is 254 g/mol. The summed E-state index contributed by atoms with van der Waals surface area (Å²) in [5.41, 5.74) is 10.3. The van der Waals surface area contributed by atoms with E-state index >= 15 is 0 Å². The van der Waals surface area contributed by atoms with Crippen molar-refractivity contribution in [1.29, 1.82) is 0 Å². The number of hydrogen-bond donors (Lipinski definition) is 2. The molecule has 0 spiro atoms. The topological polar surface area (TPSA) is 55.1 Å². The van der Waals surface area contributed by atoms with Crippen LogP contribution >= 0.6 is 0 Å². The Bertz CT molecular complexity index is 605. The minimum atomic E-state index is -0.0775. The lowest BCUT2D eigenvalue weighted by Gasteiger charge is -2.09. The minimum Gasteiger partial charge on any atom is -0.399 e. The van der Waals surface area contributed by atoms with Crippen LogP contribution in [0.2, 0.25) is 0 Å². The Balaban J connectivity index is 2.05. The first kappa shape index (κ1) is 13.1. The van der Waals surface area contributed by atoms with Gasteiger partial charge < -0.3 is 11.1 Å². The summed E-state index contributed by atoms with van der Waals surface area (Å²) in [6.45, 7) is 4.47. The number of benzene rings is 2. The van der Waals surface area contributed by atoms with Gasteiger partial charge in [-0.25, -0.2) is 0 Å². The van der Waals surface area contributed by atoms with Gasteiger partial charge in [-0.1, -0.05) is 24.3 Å². The molecule has 2 aromatic carbocycles. The van der Waals surface area contributed by atoms with Crippen molar-refractivity contribution in [3.05, 3.63) is 64.7 Å². The molecular weight excluding hydrogens is 236 g/mol. The van der Waals surface area contributed by atoms with Crippen molar-refractivity contribution in [3.8, 4) is 0 Å². The maximum absolute atomic E-state index is 12.0. The smallest absolute Gasteiger partial charge is 0.251 e. The lowest BCUT2D eigenvalue weighted by Crippen LogP contribution is -2.23. The first-order chi connectivity index (χ1) is 9.08. The van der Waals surface area contributed by atoms with Gasteiger partial charge >= 0.3 is 0 Å². The highest BCUT2D eigenvalue weighted by molar-refractivity contribution is 5.94. The van der Waals surface area contributed by atoms with Crippen LogP contribution in [-0.4, -0.2) is 5.91 Å². The van der Waals surface area contributed by atoms with Crippen molar-refractivity contribution in [2.24, 2.45) is 0 Å². The third-order valence-corrected chi connectivity index (χ3v) is 3.23. The predicted octanol–water partition coefficient (Wildman–Crippen LogP) is 2.82. The van der Waals surface area contributed by atoms with Gasteiger partial charge in [-0.3, -0.25) is 4.79 Å². The largest absolute Gasteiger partial charge is 0.399 e. The zero-order valence-corrected chi connectivity index (χ0v) is 11.2. The number of nitrogens with one attached hydrogen (secondary N) is 1. The summed E-state index contributed by atoms with van der Waals surface area (Å²) in [5.74, 6) is -0.0775. The number of rotatable bonds is 3. The van der Waals surface area contributed by atoms with Crippen LogP contribution in [0, 0.1) is 13.8 Å². The van der Waals surface area contributed by atoms with E-state index < -0.39 is 0 Å². The summed E-state index contributed by atoms with van der Waals surface area (Å²) in [4.78, 5) is 12.0. The van der Waals surface area contributed by atoms with E-state index in [1.54, 1.807) is 12.1 Å². The molecular formula is C16H18N2O. The molecule has 0 radical (unpaired) electrons. The molecule has 2 rings (SSSR count). The molecule has 19 heavy (non-hydrogen) atoms. The second kappa shape index (κ2) is 5.57. The fraction of sp³-hybridized carbons (Fsp3) is 0.188. The van der Waals surface area contributed by atoms with Gasteiger partial charge in [-0.15, -0.1) is 0 Å². The fourth-order valence-electron chi connectivity index (χ4n) is 1.90. The van der Waals surface area contributed by atoms with E-state index in [2.05, 4.69) is 5.32 Å². The molecule has 0 aromatic heterocycles. The molecule has 0 aliphatic rings. The number of carbonyl (C=O) groups excluding carboxylic acids is 1. The Kier molecular flexibility index (Phi) is 3.85. The van der Waals surface area contributed by atoms with Gasteiger partial charge in [0, 0.05) is 17.8 Å². The lowest BCUT2D eigenvalue weighted by atomic mass is 10.1. The van der Waals surface area contributed by atoms with Crippen LogP contribution in [0.15, 0.2) is 42.5 Å². The van der Waals surface area contributed by atoms with E-state index in [9.17, 15) is 4.79 Å². The summed E-state index contributed by atoms with van der Waals surface area (Å²) >= 11 is 0. The Labute approximate surface area is 113 Å². The van der Waals surface area contributed by atoms with Gasteiger partial charge in [0.15, 0.2) is 0 Å². The zero-order chi connectivity index (χ0) is 13.8. The van der Waals surface area contributed by atoms with Crippen LogP contribution in [0.4, 0.5) is 5.69 Å². The summed E-state index contributed by atoms with van der Waals surface area (Å²) in [6, 6.07) is 13.3. The fourth-order valence-corrected chi connectivity index (χ4v) is 1.90. The van der Waals surface area contributed by atoms with Crippen LogP contribution in [-0.2, 0) is 6.54 Å². The summed E-state index contributed by atoms with van der Waals surface area (Å²) in [6.07, 6.45) is 0. The minimum absolute atomic E-state index is 0.0775. The Morgan fingerprint density at radius 2 is 1.84 bits per heavy atom. The van der Waals surface area contributed by atoms with Crippen molar-refractivity contribution in [1.82, 2.24) is 5.32 Å². The number of amides is 1. The van der Waals surface area contributed by atoms with Crippen molar-refractivity contribution < 1.29 is 4.79 Å². The third kappa shape index (κ3) is 3.13. The number of carbonyl (C=O) groups is 1. The van der Waals surface area contributed by atoms with Gasteiger partial charge in [0.05, 0.1) is 0 Å². The molecule has 0 heterocycles. The molecule has 98 valence electrons. The standard InChI is InChI=1S/C16H18N2O/c1-11-5-3-4-6-14(11)10-18-16(19)13-7-8-15(17)12(2)9-13/h3-9H,10,17H2,1-2H3,(H,18,19). The summed E-state index contributed by atoms with van der Waals surface area (Å²) in [5, 5.41) is 2.92. The van der Waals surface area contributed by atoms with Gasteiger partial charge in [0.25, 0.3) is 5.91 Å². The molecule has 0 bridgehead atoms. The number of anilines is 1. The highest BCUT2D eigenvalue weighted by Gasteiger charge is 2.07. The normalized spacial score (nSPS) is 10.2. The Morgan fingerprint density at radius 3 is 2.53 bits per heavy atom. The van der Waals surface area contributed by atoms with Crippen LogP contribution in [0.25, 0.3) is 0 Å². The second-order valence-corrected chi connectivity index (χ2v) is 4.68. The van der Waals surface area contributed by atoms with Crippen molar-refractivity contribution >= 4 is 11.6 Å². The van der Waals surface area contributed by atoms with Gasteiger partial charge in [0.2, 0.25) is 0 Å². The van der Waals surface area contributed by atoms with E-state index in [1.165, 1.54) is 5.56 Å². The highest BCUT2D eigenvalue weighted by atomic mass is 16.1. The van der Waals surface area contributed by atoms with Crippen molar-refractivity contribution in [2.75, 3.05) is 5.73 Å². The molecule has 0 unspecified atom stereocenters. The molecule has 0 fully saturated rings. The van der Waals surface area contributed by atoms with E-state index in [4.69, 9.17) is 5.73 Å². The quantitative estimate of drug-likeness (QED) is 0.827. The molecule has 2 aromatic rings. The van der Waals surface area contributed by atoms with Crippen LogP contribution in [0.5, 0.6) is 0 Å². The second-order valence-electron chi connectivity index (χ2n) is 4.68. The predicted molar refractivity (Wildman–Crippen MR) is 77.9 cm³/mol. The number of nitrogens with two attached hydrogens (primary N) is 1. The van der Waals surface area contributed by atoms with Crippen molar-refractivity contribution in [2.45, 2.75) is 20.4 Å². The Hall–Kier alpha value is -2.29. The maximum Gasteiger partial charge on any atom is 0.251 e. The average molecular weight is 254 g/mol. The molecule has 0 saturated carbocycles. The number of aryl methyl sites for hydroxylation is 2. The first-order valence-corrected chi connectivity index (χ1v) is 6.27. The van der Waals surface area contributed by atoms with Gasteiger partial charge in [-0.2, -0.15) is 0 Å². The van der Waals surface area contributed by atoms with Crippen LogP contribution in [0.1, 0.15) is 27.0 Å². The average Bonchev–Trinajstić information content (AvgIpc) is 2.40. The molecule has 0 aliphatic carbocycles. The SMILES string of the molecule is Cc1cc(C(=O)NCc2ccccc2C)ccc1N. The number of nitrogen functional groups attached to an aromatic ring is 1. The maximum atomic E-state index is 12.0. The van der Waals surface area contributed by atoms with Crippen LogP contribution < -0.4 is 11.1 Å².